The first-order valence-corrected chi connectivity index (χ1v) is 7.22. The molecule has 0 spiro atoms. The third-order valence-electron chi connectivity index (χ3n) is 3.18. The molecule has 0 aliphatic rings. The van der Waals surface area contributed by atoms with Crippen molar-refractivity contribution in [1.82, 2.24) is 4.57 Å². The maximum Gasteiger partial charge on any atom is 0.250 e. The van der Waals surface area contributed by atoms with E-state index in [1.807, 2.05) is 19.2 Å². The van der Waals surface area contributed by atoms with E-state index in [-0.39, 0.29) is 5.56 Å². The van der Waals surface area contributed by atoms with Gasteiger partial charge in [0.25, 0.3) is 5.56 Å². The molecule has 0 bridgehead atoms. The molecule has 1 rings (SSSR count). The Morgan fingerprint density at radius 1 is 1.06 bits per heavy atom. The van der Waals surface area contributed by atoms with Crippen molar-refractivity contribution in [2.24, 2.45) is 0 Å². The Morgan fingerprint density at radius 2 is 1.78 bits per heavy atom. The Balaban J connectivity index is 2.21. The van der Waals surface area contributed by atoms with Gasteiger partial charge in [-0.25, -0.2) is 0 Å². The molecule has 0 aliphatic carbocycles. The van der Waals surface area contributed by atoms with Gasteiger partial charge in [-0.1, -0.05) is 39.0 Å². The van der Waals surface area contributed by atoms with Crippen LogP contribution in [0.1, 0.15) is 52.4 Å². The van der Waals surface area contributed by atoms with Crippen LogP contribution in [0.5, 0.6) is 0 Å². The lowest BCUT2D eigenvalue weighted by Crippen LogP contribution is -2.18. The first-order valence-electron chi connectivity index (χ1n) is 7.22. The second kappa shape index (κ2) is 8.78. The van der Waals surface area contributed by atoms with Crippen molar-refractivity contribution in [3.63, 3.8) is 0 Å². The van der Waals surface area contributed by atoms with Gasteiger partial charge in [0, 0.05) is 25.4 Å². The monoisotopic (exact) mass is 250 g/mol. The summed E-state index contributed by atoms with van der Waals surface area (Å²) in [6.07, 6.45) is 9.75. The average Bonchev–Trinajstić information content (AvgIpc) is 2.39. The van der Waals surface area contributed by atoms with E-state index in [0.29, 0.717) is 0 Å². The molecule has 3 heteroatoms. The van der Waals surface area contributed by atoms with Crippen LogP contribution in [0.25, 0.3) is 0 Å². The van der Waals surface area contributed by atoms with E-state index >= 15 is 0 Å². The van der Waals surface area contributed by atoms with Crippen LogP contribution < -0.4 is 10.9 Å². The zero-order valence-electron chi connectivity index (χ0n) is 11.7. The van der Waals surface area contributed by atoms with Crippen LogP contribution in [0.15, 0.2) is 23.1 Å². The summed E-state index contributed by atoms with van der Waals surface area (Å²) in [6.45, 7) is 5.95. The predicted molar refractivity (Wildman–Crippen MR) is 78.2 cm³/mol. The Bertz CT molecular complexity index is 384. The zero-order chi connectivity index (χ0) is 13.2. The number of rotatable bonds is 9. The number of anilines is 1. The van der Waals surface area contributed by atoms with Gasteiger partial charge in [0.1, 0.15) is 0 Å². The van der Waals surface area contributed by atoms with E-state index in [1.165, 1.54) is 38.5 Å². The van der Waals surface area contributed by atoms with Crippen LogP contribution in [-0.4, -0.2) is 11.1 Å². The van der Waals surface area contributed by atoms with Crippen LogP contribution >= 0.6 is 0 Å². The van der Waals surface area contributed by atoms with Crippen molar-refractivity contribution >= 4 is 5.69 Å². The molecule has 0 aromatic carbocycles. The zero-order valence-corrected chi connectivity index (χ0v) is 11.7. The van der Waals surface area contributed by atoms with Gasteiger partial charge < -0.3 is 9.88 Å². The van der Waals surface area contributed by atoms with Gasteiger partial charge in [-0.15, -0.1) is 0 Å². The molecule has 102 valence electrons. The molecule has 1 aromatic heterocycles. The number of nitrogens with zero attached hydrogens (tertiary/aromatic N) is 1. The number of unbranched alkanes of at least 4 members (excludes halogenated alkanes) is 5. The highest BCUT2D eigenvalue weighted by atomic mass is 16.1. The molecule has 0 amide bonds. The lowest BCUT2D eigenvalue weighted by Gasteiger charge is -2.08. The highest BCUT2D eigenvalue weighted by Crippen LogP contribution is 2.07. The maximum absolute atomic E-state index is 11.4. The summed E-state index contributed by atoms with van der Waals surface area (Å²) in [6, 6.07) is 3.50. The van der Waals surface area contributed by atoms with Gasteiger partial charge in [0.15, 0.2) is 0 Å². The Morgan fingerprint density at radius 3 is 2.50 bits per heavy atom. The van der Waals surface area contributed by atoms with Crippen molar-refractivity contribution in [2.75, 3.05) is 11.9 Å². The largest absolute Gasteiger partial charge is 0.384 e. The summed E-state index contributed by atoms with van der Waals surface area (Å²) in [4.78, 5) is 11.4. The van der Waals surface area contributed by atoms with Crippen molar-refractivity contribution in [2.45, 2.75) is 58.9 Å². The van der Waals surface area contributed by atoms with Crippen molar-refractivity contribution in [1.29, 1.82) is 0 Å². The fraction of sp³-hybridized carbons (Fsp3) is 0.667. The van der Waals surface area contributed by atoms with Gasteiger partial charge >= 0.3 is 0 Å². The second-order valence-electron chi connectivity index (χ2n) is 4.74. The number of aryl methyl sites for hydroxylation is 1. The molecule has 0 saturated carbocycles. The maximum atomic E-state index is 11.4. The molecule has 1 aromatic rings. The molecule has 0 atom stereocenters. The SMILES string of the molecule is CCCCCCCCNc1ccc(=O)n(CC)c1. The lowest BCUT2D eigenvalue weighted by molar-refractivity contribution is 0.617. The molecule has 1 heterocycles. The van der Waals surface area contributed by atoms with Gasteiger partial charge in [0.2, 0.25) is 0 Å². The molecule has 0 saturated heterocycles. The molecular weight excluding hydrogens is 224 g/mol. The lowest BCUT2D eigenvalue weighted by atomic mass is 10.1. The normalized spacial score (nSPS) is 10.6. The second-order valence-corrected chi connectivity index (χ2v) is 4.74. The van der Waals surface area contributed by atoms with Crippen LogP contribution in [0.3, 0.4) is 0 Å². The summed E-state index contributed by atoms with van der Waals surface area (Å²) >= 11 is 0. The number of hydrogen-bond donors (Lipinski definition) is 1. The first-order chi connectivity index (χ1) is 8.77. The average molecular weight is 250 g/mol. The Kier molecular flexibility index (Phi) is 7.23. The molecule has 0 fully saturated rings. The quantitative estimate of drug-likeness (QED) is 0.679. The summed E-state index contributed by atoms with van der Waals surface area (Å²) in [7, 11) is 0. The molecule has 18 heavy (non-hydrogen) atoms. The van der Waals surface area contributed by atoms with Gasteiger partial charge in [-0.05, 0) is 19.4 Å². The number of hydrogen-bond acceptors (Lipinski definition) is 2. The van der Waals surface area contributed by atoms with E-state index in [2.05, 4.69) is 12.2 Å². The molecule has 3 nitrogen and oxygen atoms in total. The third-order valence-corrected chi connectivity index (χ3v) is 3.18. The molecule has 0 aliphatic heterocycles. The van der Waals surface area contributed by atoms with Gasteiger partial charge in [-0.2, -0.15) is 0 Å². The standard InChI is InChI=1S/C15H26N2O/c1-3-5-6-7-8-9-12-16-14-10-11-15(18)17(4-2)13-14/h10-11,13,16H,3-9,12H2,1-2H3. The van der Waals surface area contributed by atoms with Gasteiger partial charge in [-0.3, -0.25) is 4.79 Å². The highest BCUT2D eigenvalue weighted by Gasteiger charge is 1.96. The summed E-state index contributed by atoms with van der Waals surface area (Å²) < 4.78 is 1.73. The smallest absolute Gasteiger partial charge is 0.250 e. The van der Waals surface area contributed by atoms with Crippen LogP contribution in [-0.2, 0) is 6.54 Å². The fourth-order valence-corrected chi connectivity index (χ4v) is 2.02. The summed E-state index contributed by atoms with van der Waals surface area (Å²) in [5, 5.41) is 3.38. The van der Waals surface area contributed by atoms with Crippen LogP contribution in [0.2, 0.25) is 0 Å². The van der Waals surface area contributed by atoms with Crippen LogP contribution in [0, 0.1) is 0 Å². The van der Waals surface area contributed by atoms with E-state index in [0.717, 1.165) is 18.8 Å². The molecule has 1 N–H and O–H groups in total. The van der Waals surface area contributed by atoms with Gasteiger partial charge in [0.05, 0.1) is 5.69 Å². The number of pyridine rings is 1. The third kappa shape index (κ3) is 5.39. The molecule has 0 unspecified atom stereocenters. The van der Waals surface area contributed by atoms with Crippen molar-refractivity contribution in [3.8, 4) is 0 Å². The Hall–Kier alpha value is -1.25. The molecular formula is C15H26N2O. The van der Waals surface area contributed by atoms with E-state index in [1.54, 1.807) is 10.6 Å². The summed E-state index contributed by atoms with van der Waals surface area (Å²) in [5.74, 6) is 0. The van der Waals surface area contributed by atoms with Crippen molar-refractivity contribution < 1.29 is 0 Å². The first kappa shape index (κ1) is 14.8. The minimum absolute atomic E-state index is 0.0719. The van der Waals surface area contributed by atoms with E-state index in [4.69, 9.17) is 0 Å². The number of aromatic nitrogens is 1. The topological polar surface area (TPSA) is 34.0 Å². The van der Waals surface area contributed by atoms with Crippen LogP contribution in [0.4, 0.5) is 5.69 Å². The molecule has 0 radical (unpaired) electrons. The Labute approximate surface area is 110 Å². The number of nitrogens with one attached hydrogen (secondary N) is 1. The van der Waals surface area contributed by atoms with E-state index in [9.17, 15) is 4.79 Å². The summed E-state index contributed by atoms with van der Waals surface area (Å²) in [5.41, 5.74) is 1.12. The minimum Gasteiger partial charge on any atom is -0.384 e. The van der Waals surface area contributed by atoms with E-state index < -0.39 is 0 Å². The highest BCUT2D eigenvalue weighted by molar-refractivity contribution is 5.39. The van der Waals surface area contributed by atoms with Crippen molar-refractivity contribution in [3.05, 3.63) is 28.7 Å². The predicted octanol–water partition coefficient (Wildman–Crippen LogP) is 3.64. The minimum atomic E-state index is 0.0719. The fourth-order valence-electron chi connectivity index (χ4n) is 2.02.